The molecule has 3 heterocycles. The summed E-state index contributed by atoms with van der Waals surface area (Å²) in [5.41, 5.74) is 0.268. The molecule has 0 saturated carbocycles. The maximum absolute atomic E-state index is 13.1. The summed E-state index contributed by atoms with van der Waals surface area (Å²) in [5, 5.41) is 19.1. The molecule has 0 spiro atoms. The number of amides is 2. The molecule has 0 aromatic heterocycles. The average molecular weight is 507 g/mol. The van der Waals surface area contributed by atoms with Gasteiger partial charge in [-0.05, 0) is 49.8 Å². The van der Waals surface area contributed by atoms with Crippen LogP contribution in [0, 0.1) is 11.3 Å². The Labute approximate surface area is 211 Å². The van der Waals surface area contributed by atoms with Crippen molar-refractivity contribution in [2.75, 3.05) is 13.1 Å². The summed E-state index contributed by atoms with van der Waals surface area (Å²) in [6.07, 6.45) is -0.566. The van der Waals surface area contributed by atoms with Crippen molar-refractivity contribution < 1.29 is 18.0 Å². The van der Waals surface area contributed by atoms with Gasteiger partial charge in [-0.25, -0.2) is 4.79 Å². The number of hydrogen-bond donors (Lipinski definition) is 3. The summed E-state index contributed by atoms with van der Waals surface area (Å²) in [5.74, 6) is 0. The van der Waals surface area contributed by atoms with Crippen molar-refractivity contribution in [2.24, 2.45) is 0 Å². The molecule has 3 aliphatic rings. The molecule has 0 bridgehead atoms. The molecular formula is C26H37F3N6O. The summed E-state index contributed by atoms with van der Waals surface area (Å²) in [6, 6.07) is 7.74. The second-order valence-electron chi connectivity index (χ2n) is 10.2. The molecule has 5 unspecified atom stereocenters. The molecule has 2 amide bonds. The second-order valence-corrected chi connectivity index (χ2v) is 10.2. The van der Waals surface area contributed by atoms with E-state index in [0.29, 0.717) is 6.42 Å². The van der Waals surface area contributed by atoms with Gasteiger partial charge in [-0.2, -0.15) is 18.4 Å². The predicted octanol–water partition coefficient (Wildman–Crippen LogP) is 3.98. The highest BCUT2D eigenvalue weighted by molar-refractivity contribution is 5.76. The van der Waals surface area contributed by atoms with Gasteiger partial charge in [-0.3, -0.25) is 15.1 Å². The van der Waals surface area contributed by atoms with E-state index in [1.807, 2.05) is 0 Å². The van der Waals surface area contributed by atoms with Crippen LogP contribution in [0.5, 0.6) is 0 Å². The number of benzene rings is 1. The molecule has 3 fully saturated rings. The minimum absolute atomic E-state index is 0.0135. The lowest BCUT2D eigenvalue weighted by Gasteiger charge is -2.55. The number of fused-ring (bicyclic) bond motifs is 1. The van der Waals surface area contributed by atoms with Gasteiger partial charge in [0.05, 0.1) is 23.7 Å². The average Bonchev–Trinajstić information content (AvgIpc) is 2.87. The highest BCUT2D eigenvalue weighted by Crippen LogP contribution is 2.36. The second kappa shape index (κ2) is 11.0. The molecule has 36 heavy (non-hydrogen) atoms. The molecule has 0 aliphatic carbocycles. The Morgan fingerprint density at radius 1 is 1.06 bits per heavy atom. The molecule has 198 valence electrons. The monoisotopic (exact) mass is 506 g/mol. The van der Waals surface area contributed by atoms with Gasteiger partial charge >= 0.3 is 12.2 Å². The maximum atomic E-state index is 13.1. The minimum Gasteiger partial charge on any atom is -0.334 e. The van der Waals surface area contributed by atoms with Crippen LogP contribution < -0.4 is 16.0 Å². The van der Waals surface area contributed by atoms with E-state index in [-0.39, 0.29) is 48.4 Å². The molecule has 3 N–H and O–H groups in total. The highest BCUT2D eigenvalue weighted by Gasteiger charge is 2.47. The summed E-state index contributed by atoms with van der Waals surface area (Å²) in [6.45, 7) is 7.84. The largest absolute Gasteiger partial charge is 0.416 e. The number of carbonyl (C=O) groups is 1. The number of halogens is 3. The smallest absolute Gasteiger partial charge is 0.334 e. The fraction of sp³-hybridized carbons (Fsp3) is 0.692. The highest BCUT2D eigenvalue weighted by atomic mass is 19.4. The third-order valence-electron chi connectivity index (χ3n) is 8.18. The normalized spacial score (nSPS) is 32.6. The zero-order valence-electron chi connectivity index (χ0n) is 21.2. The van der Waals surface area contributed by atoms with Crippen molar-refractivity contribution in [3.63, 3.8) is 0 Å². The van der Waals surface area contributed by atoms with E-state index in [1.165, 1.54) is 12.1 Å². The zero-order valence-corrected chi connectivity index (χ0v) is 21.2. The van der Waals surface area contributed by atoms with E-state index in [4.69, 9.17) is 0 Å². The van der Waals surface area contributed by atoms with Gasteiger partial charge < -0.3 is 10.6 Å². The Kier molecular flexibility index (Phi) is 8.12. The first-order valence-electron chi connectivity index (χ1n) is 13.1. The molecule has 7 atom stereocenters. The number of piperidine rings is 1. The summed E-state index contributed by atoms with van der Waals surface area (Å²) < 4.78 is 39.3. The molecule has 3 aliphatic heterocycles. The van der Waals surface area contributed by atoms with Crippen LogP contribution in [-0.4, -0.2) is 65.3 Å². The topological polar surface area (TPSA) is 83.4 Å². The lowest BCUT2D eigenvalue weighted by atomic mass is 9.88. The Balaban J connectivity index is 1.58. The third kappa shape index (κ3) is 5.34. The van der Waals surface area contributed by atoms with Crippen LogP contribution in [0.15, 0.2) is 24.3 Å². The van der Waals surface area contributed by atoms with Crippen LogP contribution in [0.4, 0.5) is 18.0 Å². The maximum Gasteiger partial charge on any atom is 0.416 e. The van der Waals surface area contributed by atoms with Gasteiger partial charge in [-0.1, -0.05) is 32.9 Å². The third-order valence-corrected chi connectivity index (χ3v) is 8.18. The Hall–Kier alpha value is -2.35. The van der Waals surface area contributed by atoms with Crippen molar-refractivity contribution in [2.45, 2.75) is 101 Å². The molecule has 1 aromatic carbocycles. The van der Waals surface area contributed by atoms with E-state index in [1.54, 1.807) is 12.1 Å². The number of alkyl halides is 3. The fourth-order valence-electron chi connectivity index (χ4n) is 6.26. The summed E-state index contributed by atoms with van der Waals surface area (Å²) in [7, 11) is 0. The van der Waals surface area contributed by atoms with Crippen LogP contribution in [0.1, 0.15) is 70.0 Å². The van der Waals surface area contributed by atoms with Gasteiger partial charge in [-0.15, -0.1) is 0 Å². The van der Waals surface area contributed by atoms with E-state index < -0.39 is 11.7 Å². The lowest BCUT2D eigenvalue weighted by Crippen LogP contribution is -2.77. The number of rotatable bonds is 6. The van der Waals surface area contributed by atoms with Gasteiger partial charge in [0.2, 0.25) is 0 Å². The first-order valence-corrected chi connectivity index (χ1v) is 13.1. The number of hydrogen-bond acceptors (Lipinski definition) is 5. The summed E-state index contributed by atoms with van der Waals surface area (Å²) >= 11 is 0. The first-order chi connectivity index (χ1) is 17.2. The summed E-state index contributed by atoms with van der Waals surface area (Å²) in [4.78, 5) is 17.4. The van der Waals surface area contributed by atoms with Gasteiger partial charge in [0.1, 0.15) is 6.17 Å². The van der Waals surface area contributed by atoms with Crippen LogP contribution in [0.25, 0.3) is 0 Å². The number of piperazine rings is 1. The molecule has 1 aromatic rings. The van der Waals surface area contributed by atoms with Crippen LogP contribution >= 0.6 is 0 Å². The predicted molar refractivity (Wildman–Crippen MR) is 131 cm³/mol. The Bertz CT molecular complexity index is 948. The van der Waals surface area contributed by atoms with Crippen molar-refractivity contribution in [3.05, 3.63) is 35.4 Å². The van der Waals surface area contributed by atoms with Crippen molar-refractivity contribution in [1.29, 1.82) is 5.26 Å². The van der Waals surface area contributed by atoms with Crippen molar-refractivity contribution in [1.82, 2.24) is 25.8 Å². The Morgan fingerprint density at radius 2 is 1.75 bits per heavy atom. The Morgan fingerprint density at radius 3 is 2.33 bits per heavy atom. The SMILES string of the molecule is CCC(c1ccc(C(F)(F)F)cc1)N1C[C@H](CC)N(C2NC(=O)NC3CCC(C#N)NC32)C[C@H]1CC. The first kappa shape index (κ1) is 26.7. The number of nitriles is 1. The van der Waals surface area contributed by atoms with Crippen molar-refractivity contribution in [3.8, 4) is 6.07 Å². The minimum atomic E-state index is -4.35. The van der Waals surface area contributed by atoms with Crippen molar-refractivity contribution >= 4 is 6.03 Å². The molecule has 0 radical (unpaired) electrons. The van der Waals surface area contributed by atoms with E-state index >= 15 is 0 Å². The number of carbonyl (C=O) groups excluding carboxylic acids is 1. The number of nitrogens with one attached hydrogen (secondary N) is 3. The standard InChI is InChI=1S/C26H37F3N6O/c1-4-19-15-35(24-23-21(32-25(36)33-24)12-11-18(13-30)31-23)20(5-2)14-34(19)22(6-3)16-7-9-17(10-8-16)26(27,28)29/h7-10,18-24,31H,4-6,11-12,14-15H2,1-3H3,(H2,32,33,36)/t18?,19-,20+,21?,22?,23?,24?/m1/s1. The van der Waals surface area contributed by atoms with Crippen LogP contribution in [0.2, 0.25) is 0 Å². The molecular weight excluding hydrogens is 469 g/mol. The molecule has 7 nitrogen and oxygen atoms in total. The molecule has 10 heteroatoms. The van der Waals surface area contributed by atoms with Crippen LogP contribution in [-0.2, 0) is 6.18 Å². The van der Waals surface area contributed by atoms with E-state index in [2.05, 4.69) is 52.6 Å². The zero-order chi connectivity index (χ0) is 26.0. The van der Waals surface area contributed by atoms with E-state index in [9.17, 15) is 23.2 Å². The van der Waals surface area contributed by atoms with Gasteiger partial charge in [0, 0.05) is 37.3 Å². The molecule has 4 rings (SSSR count). The number of nitrogens with zero attached hydrogens (tertiary/aromatic N) is 3. The lowest BCUT2D eigenvalue weighted by molar-refractivity contribution is -0.137. The van der Waals surface area contributed by atoms with Crippen LogP contribution in [0.3, 0.4) is 0 Å². The quantitative estimate of drug-likeness (QED) is 0.544. The van der Waals surface area contributed by atoms with E-state index in [0.717, 1.165) is 44.3 Å². The molecule has 3 saturated heterocycles. The number of urea groups is 1. The van der Waals surface area contributed by atoms with Gasteiger partial charge in [0.15, 0.2) is 0 Å². The van der Waals surface area contributed by atoms with Gasteiger partial charge in [0.25, 0.3) is 0 Å². The fourth-order valence-corrected chi connectivity index (χ4v) is 6.26.